The van der Waals surface area contributed by atoms with Gasteiger partial charge in [0.05, 0.1) is 5.69 Å². The molecule has 134 valence electrons. The average Bonchev–Trinajstić information content (AvgIpc) is 3.09. The van der Waals surface area contributed by atoms with E-state index in [0.29, 0.717) is 23.4 Å². The quantitative estimate of drug-likeness (QED) is 0.859. The van der Waals surface area contributed by atoms with Crippen LogP contribution in [0.25, 0.3) is 0 Å². The first-order valence-corrected chi connectivity index (χ1v) is 8.68. The highest BCUT2D eigenvalue weighted by atomic mass is 16.2. The molecule has 2 amide bonds. The number of amides is 2. The number of hydrogen-bond donors (Lipinski definition) is 2. The lowest BCUT2D eigenvalue weighted by Crippen LogP contribution is -2.14. The van der Waals surface area contributed by atoms with Crippen molar-refractivity contribution in [2.75, 3.05) is 22.2 Å². The third kappa shape index (κ3) is 4.27. The van der Waals surface area contributed by atoms with Gasteiger partial charge in [0, 0.05) is 42.0 Å². The van der Waals surface area contributed by atoms with Crippen LogP contribution in [-0.2, 0) is 4.79 Å². The van der Waals surface area contributed by atoms with E-state index in [1.54, 1.807) is 43.3 Å². The molecule has 0 bridgehead atoms. The van der Waals surface area contributed by atoms with Crippen molar-refractivity contribution in [2.45, 2.75) is 26.7 Å². The third-order valence-corrected chi connectivity index (χ3v) is 4.15. The summed E-state index contributed by atoms with van der Waals surface area (Å²) >= 11 is 0. The van der Waals surface area contributed by atoms with Gasteiger partial charge < -0.3 is 10.6 Å². The van der Waals surface area contributed by atoms with E-state index in [-0.39, 0.29) is 11.8 Å². The Morgan fingerprint density at radius 1 is 1.00 bits per heavy atom. The molecule has 0 saturated heterocycles. The van der Waals surface area contributed by atoms with E-state index >= 15 is 0 Å². The van der Waals surface area contributed by atoms with Crippen molar-refractivity contribution in [3.05, 3.63) is 54.1 Å². The summed E-state index contributed by atoms with van der Waals surface area (Å²) in [6, 6.07) is 14.5. The summed E-state index contributed by atoms with van der Waals surface area (Å²) in [5, 5.41) is 12.0. The molecule has 2 aromatic carbocycles. The van der Waals surface area contributed by atoms with Crippen molar-refractivity contribution in [3.63, 3.8) is 0 Å². The molecule has 0 atom stereocenters. The van der Waals surface area contributed by atoms with E-state index in [1.807, 2.05) is 24.1 Å². The Bertz CT molecular complexity index is 826. The first-order valence-electron chi connectivity index (χ1n) is 8.68. The molecule has 1 aliphatic heterocycles. The lowest BCUT2D eigenvalue weighted by molar-refractivity contribution is -0.115. The van der Waals surface area contributed by atoms with Crippen molar-refractivity contribution >= 4 is 34.6 Å². The van der Waals surface area contributed by atoms with Gasteiger partial charge in [-0.1, -0.05) is 6.92 Å². The number of rotatable bonds is 5. The van der Waals surface area contributed by atoms with Crippen molar-refractivity contribution in [2.24, 2.45) is 5.10 Å². The predicted octanol–water partition coefficient (Wildman–Crippen LogP) is 3.87. The van der Waals surface area contributed by atoms with Crippen LogP contribution in [0.1, 0.15) is 37.0 Å². The molecule has 0 radical (unpaired) electrons. The van der Waals surface area contributed by atoms with Gasteiger partial charge in [-0.3, -0.25) is 14.6 Å². The van der Waals surface area contributed by atoms with E-state index in [4.69, 9.17) is 0 Å². The van der Waals surface area contributed by atoms with Crippen LogP contribution < -0.4 is 15.6 Å². The second kappa shape index (κ2) is 7.82. The number of benzene rings is 2. The molecule has 2 aromatic rings. The van der Waals surface area contributed by atoms with Crippen LogP contribution in [0, 0.1) is 0 Å². The Labute approximate surface area is 152 Å². The number of hydrazone groups is 1. The molecule has 26 heavy (non-hydrogen) atoms. The fourth-order valence-corrected chi connectivity index (χ4v) is 2.64. The maximum Gasteiger partial charge on any atom is 0.255 e. The minimum absolute atomic E-state index is 0.0422. The molecule has 0 saturated carbocycles. The second-order valence-corrected chi connectivity index (χ2v) is 6.19. The number of hydrogen-bond acceptors (Lipinski definition) is 4. The molecule has 0 spiro atoms. The van der Waals surface area contributed by atoms with Gasteiger partial charge in [-0.05, 0) is 55.5 Å². The summed E-state index contributed by atoms with van der Waals surface area (Å²) in [5.41, 5.74) is 4.06. The Morgan fingerprint density at radius 2 is 1.62 bits per heavy atom. The van der Waals surface area contributed by atoms with Gasteiger partial charge in [0.1, 0.15) is 0 Å². The predicted molar refractivity (Wildman–Crippen MR) is 105 cm³/mol. The molecule has 0 unspecified atom stereocenters. The van der Waals surface area contributed by atoms with Crippen LogP contribution in [-0.4, -0.2) is 24.1 Å². The maximum atomic E-state index is 12.4. The van der Waals surface area contributed by atoms with Gasteiger partial charge in [0.15, 0.2) is 0 Å². The topological polar surface area (TPSA) is 73.8 Å². The van der Waals surface area contributed by atoms with Crippen molar-refractivity contribution in [1.29, 1.82) is 0 Å². The van der Waals surface area contributed by atoms with Crippen molar-refractivity contribution in [3.8, 4) is 0 Å². The Kier molecular flexibility index (Phi) is 5.31. The number of carbonyl (C=O) groups is 2. The van der Waals surface area contributed by atoms with Crippen LogP contribution >= 0.6 is 0 Å². The zero-order chi connectivity index (χ0) is 18.5. The zero-order valence-electron chi connectivity index (χ0n) is 15.0. The first kappa shape index (κ1) is 17.7. The first-order chi connectivity index (χ1) is 12.5. The highest BCUT2D eigenvalue weighted by molar-refractivity contribution is 6.04. The van der Waals surface area contributed by atoms with E-state index < -0.39 is 0 Å². The lowest BCUT2D eigenvalue weighted by atomic mass is 10.2. The SMILES string of the molecule is CCC(=O)Nc1ccc(NC(=O)c2ccc(N3CCC(C)=N3)cc2)cc1. The summed E-state index contributed by atoms with van der Waals surface area (Å²) in [6.07, 6.45) is 1.40. The molecule has 2 N–H and O–H groups in total. The Morgan fingerprint density at radius 3 is 2.15 bits per heavy atom. The number of carbonyl (C=O) groups excluding carboxylic acids is 2. The number of anilines is 3. The maximum absolute atomic E-state index is 12.4. The van der Waals surface area contributed by atoms with Crippen LogP contribution in [0.15, 0.2) is 53.6 Å². The fraction of sp³-hybridized carbons (Fsp3) is 0.250. The summed E-state index contributed by atoms with van der Waals surface area (Å²) in [4.78, 5) is 23.8. The summed E-state index contributed by atoms with van der Waals surface area (Å²) in [7, 11) is 0. The largest absolute Gasteiger partial charge is 0.326 e. The van der Waals surface area contributed by atoms with Gasteiger partial charge in [0.2, 0.25) is 5.91 Å². The van der Waals surface area contributed by atoms with E-state index in [1.165, 1.54) is 0 Å². The normalized spacial score (nSPS) is 13.3. The second-order valence-electron chi connectivity index (χ2n) is 6.19. The van der Waals surface area contributed by atoms with Gasteiger partial charge >= 0.3 is 0 Å². The molecule has 6 heteroatoms. The average molecular weight is 350 g/mol. The minimum atomic E-state index is -0.178. The van der Waals surface area contributed by atoms with Gasteiger partial charge in [0.25, 0.3) is 5.91 Å². The smallest absolute Gasteiger partial charge is 0.255 e. The van der Waals surface area contributed by atoms with E-state index in [9.17, 15) is 9.59 Å². The number of nitrogens with zero attached hydrogens (tertiary/aromatic N) is 2. The molecular weight excluding hydrogens is 328 g/mol. The van der Waals surface area contributed by atoms with Crippen LogP contribution in [0.5, 0.6) is 0 Å². The molecule has 3 rings (SSSR count). The molecular formula is C20H22N4O2. The fourth-order valence-electron chi connectivity index (χ4n) is 2.64. The van der Waals surface area contributed by atoms with Gasteiger partial charge in [-0.15, -0.1) is 0 Å². The lowest BCUT2D eigenvalue weighted by Gasteiger charge is -2.14. The van der Waals surface area contributed by atoms with E-state index in [2.05, 4.69) is 15.7 Å². The molecule has 0 fully saturated rings. The summed E-state index contributed by atoms with van der Waals surface area (Å²) in [5.74, 6) is -0.220. The highest BCUT2D eigenvalue weighted by Gasteiger charge is 2.13. The molecule has 1 heterocycles. The van der Waals surface area contributed by atoms with Crippen LogP contribution in [0.4, 0.5) is 17.1 Å². The third-order valence-electron chi connectivity index (χ3n) is 4.15. The van der Waals surface area contributed by atoms with Gasteiger partial charge in [-0.25, -0.2) is 0 Å². The zero-order valence-corrected chi connectivity index (χ0v) is 15.0. The summed E-state index contributed by atoms with van der Waals surface area (Å²) < 4.78 is 0. The number of nitrogens with one attached hydrogen (secondary N) is 2. The van der Waals surface area contributed by atoms with Crippen molar-refractivity contribution in [1.82, 2.24) is 0 Å². The monoisotopic (exact) mass is 350 g/mol. The minimum Gasteiger partial charge on any atom is -0.326 e. The molecule has 0 aliphatic carbocycles. The molecule has 6 nitrogen and oxygen atoms in total. The van der Waals surface area contributed by atoms with Crippen molar-refractivity contribution < 1.29 is 9.59 Å². The molecule has 0 aromatic heterocycles. The highest BCUT2D eigenvalue weighted by Crippen LogP contribution is 2.21. The van der Waals surface area contributed by atoms with Crippen LogP contribution in [0.3, 0.4) is 0 Å². The van der Waals surface area contributed by atoms with Gasteiger partial charge in [-0.2, -0.15) is 5.10 Å². The Hall–Kier alpha value is -3.15. The van der Waals surface area contributed by atoms with E-state index in [0.717, 1.165) is 24.4 Å². The van der Waals surface area contributed by atoms with Crippen LogP contribution in [0.2, 0.25) is 0 Å². The standard InChI is InChI=1S/C20H22N4O2/c1-3-19(25)21-16-6-8-17(9-7-16)22-20(26)15-4-10-18(11-5-15)24-13-12-14(2)23-24/h4-11H,3,12-13H2,1-2H3,(H,21,25)(H,22,26). The molecule has 1 aliphatic rings. The summed E-state index contributed by atoms with van der Waals surface area (Å²) in [6.45, 7) is 4.69. The Balaban J connectivity index is 1.62.